The van der Waals surface area contributed by atoms with Gasteiger partial charge in [0.25, 0.3) is 0 Å². The van der Waals surface area contributed by atoms with Gasteiger partial charge >= 0.3 is 6.09 Å². The molecule has 0 spiro atoms. The maximum Gasteiger partial charge on any atom is 0.409 e. The van der Waals surface area contributed by atoms with Gasteiger partial charge in [-0.25, -0.2) is 9.79 Å². The van der Waals surface area contributed by atoms with Crippen LogP contribution in [0.2, 0.25) is 5.02 Å². The second-order valence-electron chi connectivity index (χ2n) is 5.77. The number of nitrogens with zero attached hydrogens (tertiary/aromatic N) is 2. The number of amides is 1. The number of nitrogens with two attached hydrogens (primary N) is 1. The van der Waals surface area contributed by atoms with E-state index in [4.69, 9.17) is 26.8 Å². The molecule has 25 heavy (non-hydrogen) atoms. The van der Waals surface area contributed by atoms with E-state index in [9.17, 15) is 4.79 Å². The predicted molar refractivity (Wildman–Crippen MR) is 98.1 cm³/mol. The molecule has 1 aliphatic rings. The van der Waals surface area contributed by atoms with Crippen molar-refractivity contribution in [2.24, 2.45) is 10.7 Å². The first kappa shape index (κ1) is 19.2. The largest absolute Gasteiger partial charge is 0.495 e. The van der Waals surface area contributed by atoms with Crippen molar-refractivity contribution in [3.05, 3.63) is 28.8 Å². The van der Waals surface area contributed by atoms with Gasteiger partial charge in [-0.05, 0) is 37.5 Å². The highest BCUT2D eigenvalue weighted by atomic mass is 35.5. The zero-order chi connectivity index (χ0) is 18.2. The molecule has 0 bridgehead atoms. The van der Waals surface area contributed by atoms with Gasteiger partial charge in [0.15, 0.2) is 5.96 Å². The first-order chi connectivity index (χ1) is 12.0. The van der Waals surface area contributed by atoms with Crippen LogP contribution in [0.4, 0.5) is 4.79 Å². The Balaban J connectivity index is 1.80. The number of piperidine rings is 1. The van der Waals surface area contributed by atoms with E-state index < -0.39 is 0 Å². The van der Waals surface area contributed by atoms with Crippen LogP contribution in [0.1, 0.15) is 25.3 Å². The van der Waals surface area contributed by atoms with Crippen LogP contribution in [-0.2, 0) is 11.3 Å². The number of hydrogen-bond acceptors (Lipinski definition) is 4. The first-order valence-electron chi connectivity index (χ1n) is 8.34. The molecule has 1 aromatic rings. The number of aliphatic imine (C=N–C) groups is 1. The zero-order valence-corrected chi connectivity index (χ0v) is 15.4. The van der Waals surface area contributed by atoms with Crippen molar-refractivity contribution in [1.29, 1.82) is 0 Å². The van der Waals surface area contributed by atoms with Crippen molar-refractivity contribution in [3.63, 3.8) is 0 Å². The quantitative estimate of drug-likeness (QED) is 0.615. The summed E-state index contributed by atoms with van der Waals surface area (Å²) in [7, 11) is 1.58. The van der Waals surface area contributed by atoms with E-state index in [0.717, 1.165) is 18.4 Å². The highest BCUT2D eigenvalue weighted by Crippen LogP contribution is 2.25. The maximum atomic E-state index is 11.7. The van der Waals surface area contributed by atoms with Crippen LogP contribution in [0.15, 0.2) is 23.2 Å². The van der Waals surface area contributed by atoms with Gasteiger partial charge in [0, 0.05) is 19.1 Å². The minimum absolute atomic E-state index is 0.203. The van der Waals surface area contributed by atoms with Gasteiger partial charge < -0.3 is 25.4 Å². The standard InChI is InChI=1S/C17H25ClN4O3/c1-3-25-17(23)22-8-6-13(7-9-22)21-16(19)20-11-12-4-5-15(24-2)14(18)10-12/h4-5,10,13H,3,6-9,11H2,1-2H3,(H3,19,20,21). The van der Waals surface area contributed by atoms with Gasteiger partial charge in [0.2, 0.25) is 0 Å². The van der Waals surface area contributed by atoms with Crippen molar-refractivity contribution in [2.45, 2.75) is 32.4 Å². The second-order valence-corrected chi connectivity index (χ2v) is 6.18. The number of rotatable bonds is 5. The van der Waals surface area contributed by atoms with Crippen LogP contribution in [0.3, 0.4) is 0 Å². The van der Waals surface area contributed by atoms with Gasteiger partial charge in [-0.3, -0.25) is 0 Å². The Morgan fingerprint density at radius 1 is 1.44 bits per heavy atom. The first-order valence-corrected chi connectivity index (χ1v) is 8.71. The summed E-state index contributed by atoms with van der Waals surface area (Å²) in [6.45, 7) is 3.94. The predicted octanol–water partition coefficient (Wildman–Crippen LogP) is 2.37. The molecule has 3 N–H and O–H groups in total. The van der Waals surface area contributed by atoms with Crippen molar-refractivity contribution in [1.82, 2.24) is 10.2 Å². The van der Waals surface area contributed by atoms with Crippen molar-refractivity contribution in [3.8, 4) is 5.75 Å². The number of nitrogens with one attached hydrogen (secondary N) is 1. The molecule has 2 rings (SSSR count). The number of methoxy groups -OCH3 is 1. The third-order valence-corrected chi connectivity index (χ3v) is 4.32. The van der Waals surface area contributed by atoms with Gasteiger partial charge in [0.05, 0.1) is 25.3 Å². The highest BCUT2D eigenvalue weighted by Gasteiger charge is 2.23. The Morgan fingerprint density at radius 3 is 2.76 bits per heavy atom. The summed E-state index contributed by atoms with van der Waals surface area (Å²) in [6, 6.07) is 5.73. The number of benzene rings is 1. The van der Waals surface area contributed by atoms with Crippen molar-refractivity contribution >= 4 is 23.7 Å². The van der Waals surface area contributed by atoms with Crippen LogP contribution >= 0.6 is 11.6 Å². The third-order valence-electron chi connectivity index (χ3n) is 4.02. The molecule has 0 aliphatic carbocycles. The van der Waals surface area contributed by atoms with E-state index in [1.54, 1.807) is 18.9 Å². The summed E-state index contributed by atoms with van der Waals surface area (Å²) < 4.78 is 10.1. The van der Waals surface area contributed by atoms with Crippen molar-refractivity contribution < 1.29 is 14.3 Å². The molecule has 138 valence electrons. The Bertz CT molecular complexity index is 616. The lowest BCUT2D eigenvalue weighted by atomic mass is 10.1. The van der Waals surface area contributed by atoms with Crippen LogP contribution < -0.4 is 15.8 Å². The summed E-state index contributed by atoms with van der Waals surface area (Å²) in [6.07, 6.45) is 1.37. The molecule has 0 atom stereocenters. The number of halogens is 1. The molecule has 7 nitrogen and oxygen atoms in total. The molecular formula is C17H25ClN4O3. The molecule has 1 fully saturated rings. The van der Waals surface area contributed by atoms with Gasteiger partial charge in [-0.2, -0.15) is 0 Å². The van der Waals surface area contributed by atoms with E-state index in [1.807, 2.05) is 18.2 Å². The van der Waals surface area contributed by atoms with Crippen LogP contribution in [0.25, 0.3) is 0 Å². The maximum absolute atomic E-state index is 11.7. The summed E-state index contributed by atoms with van der Waals surface area (Å²) in [5.41, 5.74) is 6.92. The SMILES string of the molecule is CCOC(=O)N1CCC(NC(N)=NCc2ccc(OC)c(Cl)c2)CC1. The lowest BCUT2D eigenvalue weighted by Crippen LogP contribution is -2.48. The number of carbonyl (C=O) groups excluding carboxylic acids is 1. The van der Waals surface area contributed by atoms with Gasteiger partial charge in [-0.1, -0.05) is 17.7 Å². The van der Waals surface area contributed by atoms with Crippen molar-refractivity contribution in [2.75, 3.05) is 26.8 Å². The molecule has 0 unspecified atom stereocenters. The number of likely N-dealkylation sites (tertiary alicyclic amines) is 1. The molecule has 1 heterocycles. The topological polar surface area (TPSA) is 89.2 Å². The molecule has 8 heteroatoms. The second kappa shape index (κ2) is 9.36. The number of guanidine groups is 1. The van der Waals surface area contributed by atoms with Crippen LogP contribution in [-0.4, -0.2) is 49.8 Å². The molecule has 0 saturated carbocycles. The minimum Gasteiger partial charge on any atom is -0.495 e. The summed E-state index contributed by atoms with van der Waals surface area (Å²) in [5, 5.41) is 3.76. The normalized spacial score (nSPS) is 15.8. The van der Waals surface area contributed by atoms with E-state index >= 15 is 0 Å². The fourth-order valence-corrected chi connectivity index (χ4v) is 2.94. The fourth-order valence-electron chi connectivity index (χ4n) is 2.66. The molecule has 1 saturated heterocycles. The minimum atomic E-state index is -0.251. The molecular weight excluding hydrogens is 344 g/mol. The Kier molecular flexibility index (Phi) is 7.18. The highest BCUT2D eigenvalue weighted by molar-refractivity contribution is 6.32. The molecule has 1 amide bonds. The smallest absolute Gasteiger partial charge is 0.409 e. The van der Waals surface area contributed by atoms with Crippen LogP contribution in [0, 0.1) is 0 Å². The molecule has 0 radical (unpaired) electrons. The van der Waals surface area contributed by atoms with Crippen LogP contribution in [0.5, 0.6) is 5.75 Å². The summed E-state index contributed by atoms with van der Waals surface area (Å²) in [5.74, 6) is 1.02. The van der Waals surface area contributed by atoms with E-state index in [1.165, 1.54) is 0 Å². The monoisotopic (exact) mass is 368 g/mol. The average molecular weight is 369 g/mol. The number of ether oxygens (including phenoxy) is 2. The summed E-state index contributed by atoms with van der Waals surface area (Å²) in [4.78, 5) is 17.7. The Hall–Kier alpha value is -2.15. The zero-order valence-electron chi connectivity index (χ0n) is 14.6. The van der Waals surface area contributed by atoms with E-state index in [-0.39, 0.29) is 12.1 Å². The van der Waals surface area contributed by atoms with Gasteiger partial charge in [0.1, 0.15) is 5.75 Å². The third kappa shape index (κ3) is 5.70. The molecule has 1 aromatic carbocycles. The summed E-state index contributed by atoms with van der Waals surface area (Å²) >= 11 is 6.10. The lowest BCUT2D eigenvalue weighted by Gasteiger charge is -2.31. The Morgan fingerprint density at radius 2 is 2.16 bits per heavy atom. The molecule has 1 aliphatic heterocycles. The molecule has 0 aromatic heterocycles. The lowest BCUT2D eigenvalue weighted by molar-refractivity contribution is 0.0963. The Labute approximate surface area is 153 Å². The van der Waals surface area contributed by atoms with E-state index in [0.29, 0.717) is 43.0 Å². The fraction of sp³-hybridized carbons (Fsp3) is 0.529. The van der Waals surface area contributed by atoms with E-state index in [2.05, 4.69) is 10.3 Å². The van der Waals surface area contributed by atoms with Gasteiger partial charge in [-0.15, -0.1) is 0 Å². The average Bonchev–Trinajstić information content (AvgIpc) is 2.61. The number of carbonyl (C=O) groups is 1. The number of hydrogen-bond donors (Lipinski definition) is 2.